The van der Waals surface area contributed by atoms with Crippen LogP contribution in [0.4, 0.5) is 24.5 Å². The van der Waals surface area contributed by atoms with Crippen molar-refractivity contribution < 1.29 is 31.3 Å². The fourth-order valence-corrected chi connectivity index (χ4v) is 3.91. The fraction of sp³-hybridized carbons (Fsp3) is 0.588. The Morgan fingerprint density at radius 1 is 1.28 bits per heavy atom. The van der Waals surface area contributed by atoms with E-state index < -0.39 is 30.9 Å². The van der Waals surface area contributed by atoms with Gasteiger partial charge in [-0.25, -0.2) is 8.42 Å². The van der Waals surface area contributed by atoms with Crippen molar-refractivity contribution in [1.82, 2.24) is 4.90 Å². The van der Waals surface area contributed by atoms with Gasteiger partial charge in [-0.2, -0.15) is 13.2 Å². The minimum absolute atomic E-state index is 0.0271. The Morgan fingerprint density at radius 3 is 2.28 bits per heavy atom. The zero-order valence-electron chi connectivity index (χ0n) is 16.1. The van der Waals surface area contributed by atoms with Gasteiger partial charge in [0.05, 0.1) is 9.82 Å². The average molecular weight is 437 g/mol. The maximum Gasteiger partial charge on any atom is 0.501 e. The molecule has 0 unspecified atom stereocenters. The van der Waals surface area contributed by atoms with Crippen molar-refractivity contribution in [2.75, 3.05) is 25.0 Å². The summed E-state index contributed by atoms with van der Waals surface area (Å²) in [5.74, 6) is -0.275. The molecule has 0 saturated carbocycles. The smallest absolute Gasteiger partial charge is 0.366 e. The predicted molar refractivity (Wildman–Crippen MR) is 99.2 cm³/mol. The van der Waals surface area contributed by atoms with Crippen LogP contribution in [0.15, 0.2) is 23.1 Å². The first-order chi connectivity index (χ1) is 13.3. The molecule has 0 atom stereocenters. The van der Waals surface area contributed by atoms with E-state index in [0.29, 0.717) is 18.9 Å². The summed E-state index contributed by atoms with van der Waals surface area (Å²) < 4.78 is 61.3. The van der Waals surface area contributed by atoms with Gasteiger partial charge in [0.2, 0.25) is 5.91 Å². The number of nitro groups is 1. The Morgan fingerprint density at radius 2 is 1.83 bits per heavy atom. The number of piperidine rings is 1. The summed E-state index contributed by atoms with van der Waals surface area (Å²) in [5, 5.41) is 11.4. The number of anilines is 1. The molecule has 1 saturated heterocycles. The minimum atomic E-state index is -5.69. The molecule has 1 fully saturated rings. The molecule has 2 rings (SSSR count). The van der Waals surface area contributed by atoms with Gasteiger partial charge < -0.3 is 9.80 Å². The van der Waals surface area contributed by atoms with Crippen molar-refractivity contribution in [3.63, 3.8) is 0 Å². The van der Waals surface area contributed by atoms with Gasteiger partial charge in [-0.3, -0.25) is 14.9 Å². The van der Waals surface area contributed by atoms with Crippen molar-refractivity contribution in [3.8, 4) is 0 Å². The molecule has 29 heavy (non-hydrogen) atoms. The zero-order valence-corrected chi connectivity index (χ0v) is 17.0. The quantitative estimate of drug-likeness (QED) is 0.519. The van der Waals surface area contributed by atoms with E-state index in [2.05, 4.69) is 0 Å². The van der Waals surface area contributed by atoms with E-state index in [-0.39, 0.29) is 36.6 Å². The van der Waals surface area contributed by atoms with E-state index in [1.165, 1.54) is 0 Å². The summed E-state index contributed by atoms with van der Waals surface area (Å²) in [6.07, 6.45) is 0.852. The van der Waals surface area contributed by atoms with Crippen molar-refractivity contribution >= 4 is 27.1 Å². The Balaban J connectivity index is 2.26. The molecule has 162 valence electrons. The SMILES string of the molecule is CC(C)N(C)C(=O)C1CCN(c2ccc(S(=O)(=O)C(F)(F)F)cc2[N+](=O)[O-])CC1. The molecule has 0 bridgehead atoms. The first-order valence-electron chi connectivity index (χ1n) is 8.88. The summed E-state index contributed by atoms with van der Waals surface area (Å²) in [6, 6.07) is 2.19. The van der Waals surface area contributed by atoms with Crippen molar-refractivity contribution in [3.05, 3.63) is 28.3 Å². The molecule has 1 aliphatic heterocycles. The topological polar surface area (TPSA) is 101 Å². The number of sulfone groups is 1. The summed E-state index contributed by atoms with van der Waals surface area (Å²) >= 11 is 0. The molecule has 8 nitrogen and oxygen atoms in total. The third kappa shape index (κ3) is 4.62. The number of rotatable bonds is 5. The van der Waals surface area contributed by atoms with Crippen LogP contribution in [-0.2, 0) is 14.6 Å². The Kier molecular flexibility index (Phi) is 6.45. The molecule has 12 heteroatoms. The maximum absolute atomic E-state index is 12.7. The van der Waals surface area contributed by atoms with E-state index in [1.54, 1.807) is 16.8 Å². The van der Waals surface area contributed by atoms with Gasteiger partial charge >= 0.3 is 5.51 Å². The number of carbonyl (C=O) groups is 1. The van der Waals surface area contributed by atoms with E-state index in [0.717, 1.165) is 12.1 Å². The highest BCUT2D eigenvalue weighted by Crippen LogP contribution is 2.37. The molecular weight excluding hydrogens is 415 g/mol. The first kappa shape index (κ1) is 22.9. The van der Waals surface area contributed by atoms with Crippen LogP contribution in [0.2, 0.25) is 0 Å². The van der Waals surface area contributed by atoms with Crippen LogP contribution in [0.5, 0.6) is 0 Å². The van der Waals surface area contributed by atoms with E-state index in [9.17, 15) is 36.5 Å². The van der Waals surface area contributed by atoms with Gasteiger partial charge in [0.25, 0.3) is 15.5 Å². The normalized spacial score (nSPS) is 16.2. The second-order valence-corrected chi connectivity index (χ2v) is 9.10. The number of hydrogen-bond donors (Lipinski definition) is 0. The zero-order chi connectivity index (χ0) is 22.1. The summed E-state index contributed by atoms with van der Waals surface area (Å²) in [5.41, 5.74) is -6.25. The Hall–Kier alpha value is -2.37. The van der Waals surface area contributed by atoms with Crippen LogP contribution in [0.25, 0.3) is 0 Å². The number of amides is 1. The minimum Gasteiger partial charge on any atom is -0.366 e. The van der Waals surface area contributed by atoms with E-state index in [1.807, 2.05) is 13.8 Å². The molecule has 0 aromatic heterocycles. The van der Waals surface area contributed by atoms with Gasteiger partial charge in [-0.1, -0.05) is 0 Å². The predicted octanol–water partition coefficient (Wildman–Crippen LogP) is 2.97. The largest absolute Gasteiger partial charge is 0.501 e. The van der Waals surface area contributed by atoms with Crippen LogP contribution in [0.3, 0.4) is 0 Å². The highest BCUT2D eigenvalue weighted by atomic mass is 32.2. The molecule has 1 heterocycles. The molecule has 1 aliphatic rings. The van der Waals surface area contributed by atoms with Gasteiger partial charge in [0.15, 0.2) is 0 Å². The molecule has 1 aromatic rings. The van der Waals surface area contributed by atoms with Gasteiger partial charge in [0, 0.05) is 38.2 Å². The van der Waals surface area contributed by atoms with Crippen LogP contribution < -0.4 is 4.90 Å². The third-order valence-corrected chi connectivity index (χ3v) is 6.55. The summed E-state index contributed by atoms with van der Waals surface area (Å²) in [7, 11) is -3.99. The highest BCUT2D eigenvalue weighted by molar-refractivity contribution is 7.92. The molecule has 0 radical (unpaired) electrons. The molecule has 0 N–H and O–H groups in total. The third-order valence-electron chi connectivity index (χ3n) is 5.07. The van der Waals surface area contributed by atoms with Crippen LogP contribution in [0, 0.1) is 16.0 Å². The number of carbonyl (C=O) groups excluding carboxylic acids is 1. The Bertz CT molecular complexity index is 894. The number of nitrogens with zero attached hydrogens (tertiary/aromatic N) is 3. The average Bonchev–Trinajstić information content (AvgIpc) is 2.65. The lowest BCUT2D eigenvalue weighted by Crippen LogP contribution is -2.43. The summed E-state index contributed by atoms with van der Waals surface area (Å²) in [4.78, 5) is 24.9. The summed E-state index contributed by atoms with van der Waals surface area (Å²) in [6.45, 7) is 4.34. The van der Waals surface area contributed by atoms with Crippen molar-refractivity contribution in [2.45, 2.75) is 43.1 Å². The molecule has 0 spiro atoms. The lowest BCUT2D eigenvalue weighted by Gasteiger charge is -2.35. The number of hydrogen-bond acceptors (Lipinski definition) is 6. The number of nitro benzene ring substituents is 1. The number of alkyl halides is 3. The van der Waals surface area contributed by atoms with Crippen molar-refractivity contribution in [1.29, 1.82) is 0 Å². The maximum atomic E-state index is 12.7. The van der Waals surface area contributed by atoms with Gasteiger partial charge in [-0.05, 0) is 38.8 Å². The van der Waals surface area contributed by atoms with Crippen LogP contribution in [0.1, 0.15) is 26.7 Å². The standard InChI is InChI=1S/C17H22F3N3O5S/c1-11(2)21(3)16(24)12-6-8-22(9-7-12)14-5-4-13(10-15(14)23(25)26)29(27,28)17(18,19)20/h4-5,10-12H,6-9H2,1-3H3. The number of benzene rings is 1. The lowest BCUT2D eigenvalue weighted by molar-refractivity contribution is -0.384. The van der Waals surface area contributed by atoms with E-state index >= 15 is 0 Å². The lowest BCUT2D eigenvalue weighted by atomic mass is 9.94. The highest BCUT2D eigenvalue weighted by Gasteiger charge is 2.47. The van der Waals surface area contributed by atoms with Gasteiger partial charge in [0.1, 0.15) is 5.69 Å². The van der Waals surface area contributed by atoms with Crippen LogP contribution >= 0.6 is 0 Å². The number of halogens is 3. The fourth-order valence-electron chi connectivity index (χ4n) is 3.13. The first-order valence-corrected chi connectivity index (χ1v) is 10.4. The molecule has 1 aromatic carbocycles. The second-order valence-electron chi connectivity index (χ2n) is 7.16. The van der Waals surface area contributed by atoms with Gasteiger partial charge in [-0.15, -0.1) is 0 Å². The molecule has 1 amide bonds. The van der Waals surface area contributed by atoms with Crippen molar-refractivity contribution in [2.24, 2.45) is 5.92 Å². The van der Waals surface area contributed by atoms with Crippen LogP contribution in [-0.4, -0.2) is 55.8 Å². The Labute approximate surface area is 166 Å². The van der Waals surface area contributed by atoms with E-state index in [4.69, 9.17) is 0 Å². The second kappa shape index (κ2) is 8.17. The monoisotopic (exact) mass is 437 g/mol. The molecule has 0 aliphatic carbocycles. The molecular formula is C17H22F3N3O5S.